The summed E-state index contributed by atoms with van der Waals surface area (Å²) < 4.78 is 11.2. The number of carbonyl (C=O) groups is 1. The number of ether oxygens (including phenoxy) is 2. The Morgan fingerprint density at radius 2 is 2.10 bits per heavy atom. The van der Waals surface area contributed by atoms with Gasteiger partial charge in [-0.1, -0.05) is 12.1 Å². The van der Waals surface area contributed by atoms with Crippen LogP contribution in [-0.4, -0.2) is 23.5 Å². The van der Waals surface area contributed by atoms with Gasteiger partial charge >= 0.3 is 0 Å². The van der Waals surface area contributed by atoms with Gasteiger partial charge in [-0.05, 0) is 30.7 Å². The minimum absolute atomic E-state index is 0.170. The topological polar surface area (TPSA) is 74.4 Å². The van der Waals surface area contributed by atoms with E-state index in [-0.39, 0.29) is 18.2 Å². The summed E-state index contributed by atoms with van der Waals surface area (Å²) in [5.74, 6) is 1.21. The summed E-state index contributed by atoms with van der Waals surface area (Å²) in [5.41, 5.74) is 7.01. The first-order valence-corrected chi connectivity index (χ1v) is 6.30. The van der Waals surface area contributed by atoms with E-state index in [4.69, 9.17) is 15.2 Å². The van der Waals surface area contributed by atoms with Crippen LogP contribution in [0.5, 0.6) is 11.5 Å². The number of aryl methyl sites for hydroxylation is 1. The van der Waals surface area contributed by atoms with E-state index < -0.39 is 6.10 Å². The van der Waals surface area contributed by atoms with Crippen LogP contribution in [0.3, 0.4) is 0 Å². The Morgan fingerprint density at radius 1 is 1.35 bits per heavy atom. The lowest BCUT2D eigenvalue weighted by atomic mass is 10.1. The van der Waals surface area contributed by atoms with Crippen molar-refractivity contribution >= 4 is 11.6 Å². The van der Waals surface area contributed by atoms with E-state index in [1.54, 1.807) is 24.4 Å². The highest BCUT2D eigenvalue weighted by Gasteiger charge is 2.29. The molecule has 1 atom stereocenters. The SMILES string of the molecule is Cc1cnc(N)c(C(=O)C2COc3ccccc3O2)c1. The molecule has 2 aromatic rings. The van der Waals surface area contributed by atoms with Crippen molar-refractivity contribution in [3.63, 3.8) is 0 Å². The van der Waals surface area contributed by atoms with Crippen LogP contribution in [-0.2, 0) is 0 Å². The second-order valence-corrected chi connectivity index (χ2v) is 4.67. The van der Waals surface area contributed by atoms with Crippen molar-refractivity contribution in [3.05, 3.63) is 47.7 Å². The van der Waals surface area contributed by atoms with Crippen molar-refractivity contribution in [1.82, 2.24) is 4.98 Å². The number of ketones is 1. The monoisotopic (exact) mass is 270 g/mol. The third kappa shape index (κ3) is 2.18. The highest BCUT2D eigenvalue weighted by atomic mass is 16.6. The Hall–Kier alpha value is -2.56. The Bertz CT molecular complexity index is 670. The van der Waals surface area contributed by atoms with Crippen LogP contribution in [0.4, 0.5) is 5.82 Å². The highest BCUT2D eigenvalue weighted by Crippen LogP contribution is 2.32. The summed E-state index contributed by atoms with van der Waals surface area (Å²) in [4.78, 5) is 16.5. The van der Waals surface area contributed by atoms with Gasteiger partial charge in [0.25, 0.3) is 0 Å². The molecule has 0 bridgehead atoms. The summed E-state index contributed by atoms with van der Waals surface area (Å²) in [6.45, 7) is 2.03. The van der Waals surface area contributed by atoms with Gasteiger partial charge in [-0.15, -0.1) is 0 Å². The zero-order valence-electron chi connectivity index (χ0n) is 11.0. The zero-order chi connectivity index (χ0) is 14.1. The molecule has 1 aliphatic heterocycles. The number of fused-ring (bicyclic) bond motifs is 1. The number of nitrogen functional groups attached to an aromatic ring is 1. The Balaban J connectivity index is 1.88. The van der Waals surface area contributed by atoms with Gasteiger partial charge in [0.15, 0.2) is 17.6 Å². The van der Waals surface area contributed by atoms with Crippen LogP contribution >= 0.6 is 0 Å². The number of aromatic nitrogens is 1. The number of para-hydroxylation sites is 2. The Labute approximate surface area is 116 Å². The van der Waals surface area contributed by atoms with E-state index in [1.807, 2.05) is 19.1 Å². The molecule has 5 nitrogen and oxygen atoms in total. The fourth-order valence-electron chi connectivity index (χ4n) is 2.10. The molecular formula is C15H14N2O3. The average molecular weight is 270 g/mol. The number of benzene rings is 1. The quantitative estimate of drug-likeness (QED) is 0.845. The lowest BCUT2D eigenvalue weighted by Gasteiger charge is -2.25. The second kappa shape index (κ2) is 4.85. The zero-order valence-corrected chi connectivity index (χ0v) is 11.0. The van der Waals surface area contributed by atoms with E-state index in [0.717, 1.165) is 5.56 Å². The van der Waals surface area contributed by atoms with Gasteiger partial charge in [-0.2, -0.15) is 0 Å². The van der Waals surface area contributed by atoms with Crippen LogP contribution in [0.25, 0.3) is 0 Å². The van der Waals surface area contributed by atoms with Crippen LogP contribution in [0, 0.1) is 6.92 Å². The molecule has 2 heterocycles. The summed E-state index contributed by atoms with van der Waals surface area (Å²) >= 11 is 0. The molecule has 3 rings (SSSR count). The first kappa shape index (κ1) is 12.5. The summed E-state index contributed by atoms with van der Waals surface area (Å²) in [6.07, 6.45) is 0.926. The van der Waals surface area contributed by atoms with Gasteiger partial charge in [-0.25, -0.2) is 4.98 Å². The van der Waals surface area contributed by atoms with Crippen LogP contribution < -0.4 is 15.2 Å². The standard InChI is InChI=1S/C15H14N2O3/c1-9-6-10(15(16)17-7-9)14(18)13-8-19-11-4-2-3-5-12(11)20-13/h2-7,13H,8H2,1H3,(H2,16,17). The maximum atomic E-state index is 12.5. The molecule has 0 aliphatic carbocycles. The molecular weight excluding hydrogens is 256 g/mol. The number of hydrogen-bond acceptors (Lipinski definition) is 5. The Morgan fingerprint density at radius 3 is 2.90 bits per heavy atom. The van der Waals surface area contributed by atoms with Gasteiger partial charge in [0.1, 0.15) is 12.4 Å². The third-order valence-electron chi connectivity index (χ3n) is 3.12. The molecule has 1 unspecified atom stereocenters. The normalized spacial score (nSPS) is 16.8. The van der Waals surface area contributed by atoms with Gasteiger partial charge < -0.3 is 15.2 Å². The molecule has 0 amide bonds. The van der Waals surface area contributed by atoms with Crippen molar-refractivity contribution in [2.75, 3.05) is 12.3 Å². The molecule has 0 fully saturated rings. The van der Waals surface area contributed by atoms with Gasteiger partial charge in [0, 0.05) is 6.20 Å². The average Bonchev–Trinajstić information content (AvgIpc) is 2.48. The van der Waals surface area contributed by atoms with Crippen molar-refractivity contribution in [1.29, 1.82) is 0 Å². The van der Waals surface area contributed by atoms with Gasteiger partial charge in [-0.3, -0.25) is 4.79 Å². The fourth-order valence-corrected chi connectivity index (χ4v) is 2.10. The lowest BCUT2D eigenvalue weighted by molar-refractivity contribution is 0.0586. The number of nitrogens with two attached hydrogens (primary N) is 1. The second-order valence-electron chi connectivity index (χ2n) is 4.67. The van der Waals surface area contributed by atoms with E-state index >= 15 is 0 Å². The molecule has 1 aliphatic rings. The number of Topliss-reactive ketones (excluding diaryl/α,β-unsaturated/α-hetero) is 1. The summed E-state index contributed by atoms with van der Waals surface area (Å²) in [5, 5.41) is 0. The molecule has 1 aromatic carbocycles. The first-order valence-electron chi connectivity index (χ1n) is 6.30. The first-order chi connectivity index (χ1) is 9.65. The summed E-state index contributed by atoms with van der Waals surface area (Å²) in [7, 11) is 0. The fraction of sp³-hybridized carbons (Fsp3) is 0.200. The van der Waals surface area contributed by atoms with Crippen LogP contribution in [0.2, 0.25) is 0 Å². The van der Waals surface area contributed by atoms with Crippen LogP contribution in [0.15, 0.2) is 36.5 Å². The van der Waals surface area contributed by atoms with Crippen LogP contribution in [0.1, 0.15) is 15.9 Å². The molecule has 2 N–H and O–H groups in total. The van der Waals surface area contributed by atoms with Crippen molar-refractivity contribution in [2.45, 2.75) is 13.0 Å². The molecule has 5 heteroatoms. The van der Waals surface area contributed by atoms with E-state index in [1.165, 1.54) is 0 Å². The van der Waals surface area contributed by atoms with E-state index in [0.29, 0.717) is 17.1 Å². The molecule has 0 radical (unpaired) electrons. The third-order valence-corrected chi connectivity index (χ3v) is 3.12. The number of pyridine rings is 1. The summed E-state index contributed by atoms with van der Waals surface area (Å²) in [6, 6.07) is 8.98. The number of rotatable bonds is 2. The van der Waals surface area contributed by atoms with Gasteiger partial charge in [0.05, 0.1) is 5.56 Å². The highest BCUT2D eigenvalue weighted by molar-refractivity contribution is 6.03. The Kier molecular flexibility index (Phi) is 3.02. The maximum Gasteiger partial charge on any atom is 0.210 e. The molecule has 20 heavy (non-hydrogen) atoms. The minimum atomic E-state index is -0.698. The number of nitrogens with zero attached hydrogens (tertiary/aromatic N) is 1. The smallest absolute Gasteiger partial charge is 0.210 e. The van der Waals surface area contributed by atoms with E-state index in [2.05, 4.69) is 4.98 Å². The lowest BCUT2D eigenvalue weighted by Crippen LogP contribution is -2.37. The molecule has 1 aromatic heterocycles. The number of anilines is 1. The maximum absolute atomic E-state index is 12.5. The minimum Gasteiger partial charge on any atom is -0.485 e. The predicted molar refractivity (Wildman–Crippen MR) is 74.1 cm³/mol. The largest absolute Gasteiger partial charge is 0.485 e. The number of carbonyl (C=O) groups excluding carboxylic acids is 1. The predicted octanol–water partition coefficient (Wildman–Crippen LogP) is 1.99. The molecule has 102 valence electrons. The molecule has 0 saturated heterocycles. The van der Waals surface area contributed by atoms with Crippen molar-refractivity contribution in [2.24, 2.45) is 0 Å². The van der Waals surface area contributed by atoms with E-state index in [9.17, 15) is 4.79 Å². The van der Waals surface area contributed by atoms with Gasteiger partial charge in [0.2, 0.25) is 5.78 Å². The van der Waals surface area contributed by atoms with Crippen molar-refractivity contribution < 1.29 is 14.3 Å². The van der Waals surface area contributed by atoms with Crippen molar-refractivity contribution in [3.8, 4) is 11.5 Å². The molecule has 0 spiro atoms. The molecule has 0 saturated carbocycles. The number of hydrogen-bond donors (Lipinski definition) is 1.